The zero-order valence-corrected chi connectivity index (χ0v) is 25.5. The number of aromatic nitrogens is 3. The minimum absolute atomic E-state index is 0.0306. The van der Waals surface area contributed by atoms with E-state index < -0.39 is 22.7 Å². The van der Waals surface area contributed by atoms with Crippen molar-refractivity contribution in [1.82, 2.24) is 25.2 Å². The van der Waals surface area contributed by atoms with E-state index in [4.69, 9.17) is 4.74 Å². The molecule has 11 nitrogen and oxygen atoms in total. The average Bonchev–Trinajstić information content (AvgIpc) is 2.92. The molecule has 1 aromatic carbocycles. The van der Waals surface area contributed by atoms with E-state index in [9.17, 15) is 19.2 Å². The van der Waals surface area contributed by atoms with Gasteiger partial charge in [0.25, 0.3) is 5.91 Å². The molecule has 0 atom stereocenters. The summed E-state index contributed by atoms with van der Waals surface area (Å²) in [5, 5.41) is 18.3. The summed E-state index contributed by atoms with van der Waals surface area (Å²) in [7, 11) is 0. The van der Waals surface area contributed by atoms with Crippen LogP contribution >= 0.6 is 0 Å². The van der Waals surface area contributed by atoms with Gasteiger partial charge in [-0.25, -0.2) is 19.2 Å². The van der Waals surface area contributed by atoms with Crippen molar-refractivity contribution in [2.75, 3.05) is 17.2 Å². The van der Waals surface area contributed by atoms with Gasteiger partial charge < -0.3 is 25.6 Å². The summed E-state index contributed by atoms with van der Waals surface area (Å²) in [6.45, 7) is 13.4. The number of fused-ring (bicyclic) bond motifs is 1. The van der Waals surface area contributed by atoms with Gasteiger partial charge in [-0.05, 0) is 90.3 Å². The molecule has 43 heavy (non-hydrogen) atoms. The third-order valence-electron chi connectivity index (χ3n) is 6.58. The molecule has 2 aromatic heterocycles. The molecule has 0 radical (unpaired) electrons. The van der Waals surface area contributed by atoms with Crippen molar-refractivity contribution in [3.63, 3.8) is 0 Å². The predicted molar refractivity (Wildman–Crippen MR) is 161 cm³/mol. The first-order valence-electron chi connectivity index (χ1n) is 14.0. The molecule has 0 fully saturated rings. The smallest absolute Gasteiger partial charge is 0.410 e. The summed E-state index contributed by atoms with van der Waals surface area (Å²) < 4.78 is 20.4. The molecule has 3 aromatic rings. The SMILES string of the molecule is CC(C)NC(=O)c1cnc(Nc2ccc3c(c2)CN(C(=O)OC(C)(C)C)CC3)nc1Nc1nc(C(C)(C)C#N)ccc1F. The van der Waals surface area contributed by atoms with Crippen molar-refractivity contribution in [3.05, 3.63) is 64.7 Å². The van der Waals surface area contributed by atoms with Crippen molar-refractivity contribution in [3.8, 4) is 6.07 Å². The number of rotatable bonds is 7. The van der Waals surface area contributed by atoms with Gasteiger partial charge in [-0.2, -0.15) is 10.2 Å². The summed E-state index contributed by atoms with van der Waals surface area (Å²) in [6.07, 6.45) is 1.67. The Labute approximate surface area is 250 Å². The Balaban J connectivity index is 1.63. The molecule has 2 amide bonds. The van der Waals surface area contributed by atoms with Gasteiger partial charge in [0.05, 0.1) is 17.2 Å². The van der Waals surface area contributed by atoms with E-state index in [2.05, 4.69) is 37.0 Å². The monoisotopic (exact) mass is 588 g/mol. The average molecular weight is 589 g/mol. The number of nitrogens with one attached hydrogen (secondary N) is 3. The van der Waals surface area contributed by atoms with Gasteiger partial charge >= 0.3 is 6.09 Å². The molecule has 226 valence electrons. The summed E-state index contributed by atoms with van der Waals surface area (Å²) >= 11 is 0. The summed E-state index contributed by atoms with van der Waals surface area (Å²) in [4.78, 5) is 40.4. The molecule has 12 heteroatoms. The van der Waals surface area contributed by atoms with E-state index >= 15 is 0 Å². The molecule has 3 N–H and O–H groups in total. The fraction of sp³-hybridized carbons (Fsp3) is 0.419. The predicted octanol–water partition coefficient (Wildman–Crippen LogP) is 5.73. The lowest BCUT2D eigenvalue weighted by Gasteiger charge is -2.31. The van der Waals surface area contributed by atoms with E-state index in [0.717, 1.165) is 11.1 Å². The number of carbonyl (C=O) groups is 2. The Morgan fingerprint density at radius 2 is 1.79 bits per heavy atom. The van der Waals surface area contributed by atoms with Crippen LogP contribution in [-0.4, -0.2) is 50.0 Å². The van der Waals surface area contributed by atoms with Gasteiger partial charge in [-0.1, -0.05) is 6.07 Å². The van der Waals surface area contributed by atoms with Gasteiger partial charge in [-0.15, -0.1) is 0 Å². The van der Waals surface area contributed by atoms with Crippen LogP contribution < -0.4 is 16.0 Å². The highest BCUT2D eigenvalue weighted by atomic mass is 19.1. The lowest BCUT2D eigenvalue weighted by molar-refractivity contribution is 0.0224. The largest absolute Gasteiger partial charge is 0.444 e. The third kappa shape index (κ3) is 7.74. The number of nitrogens with zero attached hydrogens (tertiary/aromatic N) is 5. The molecular formula is C31H37FN8O3. The van der Waals surface area contributed by atoms with Gasteiger partial charge in [0.2, 0.25) is 5.95 Å². The van der Waals surface area contributed by atoms with E-state index in [1.54, 1.807) is 18.7 Å². The zero-order valence-electron chi connectivity index (χ0n) is 25.5. The van der Waals surface area contributed by atoms with Crippen LogP contribution in [0.3, 0.4) is 0 Å². The highest BCUT2D eigenvalue weighted by Crippen LogP contribution is 2.28. The molecule has 0 spiro atoms. The fourth-order valence-electron chi connectivity index (χ4n) is 4.34. The highest BCUT2D eigenvalue weighted by molar-refractivity contribution is 5.99. The van der Waals surface area contributed by atoms with Crippen LogP contribution in [-0.2, 0) is 23.1 Å². The number of halogens is 1. The summed E-state index contributed by atoms with van der Waals surface area (Å²) in [5.41, 5.74) is 1.63. The highest BCUT2D eigenvalue weighted by Gasteiger charge is 2.27. The van der Waals surface area contributed by atoms with Crippen LogP contribution in [0.1, 0.15) is 75.6 Å². The van der Waals surface area contributed by atoms with Crippen molar-refractivity contribution in [2.24, 2.45) is 0 Å². The van der Waals surface area contributed by atoms with Gasteiger partial charge in [0.1, 0.15) is 17.0 Å². The Bertz CT molecular complexity index is 1580. The van der Waals surface area contributed by atoms with Crippen LogP contribution in [0.5, 0.6) is 0 Å². The van der Waals surface area contributed by atoms with E-state index in [1.165, 1.54) is 18.3 Å². The normalized spacial score (nSPS) is 13.2. The Morgan fingerprint density at radius 3 is 2.47 bits per heavy atom. The first-order chi connectivity index (χ1) is 20.1. The number of ether oxygens (including phenoxy) is 1. The maximum atomic E-state index is 14.9. The maximum Gasteiger partial charge on any atom is 0.410 e. The number of benzene rings is 1. The number of pyridine rings is 1. The third-order valence-corrected chi connectivity index (χ3v) is 6.58. The summed E-state index contributed by atoms with van der Waals surface area (Å²) in [5.74, 6) is -1.13. The fourth-order valence-corrected chi connectivity index (χ4v) is 4.34. The molecule has 0 unspecified atom stereocenters. The van der Waals surface area contributed by atoms with E-state index in [0.29, 0.717) is 30.9 Å². The molecule has 0 saturated heterocycles. The second-order valence-corrected chi connectivity index (χ2v) is 12.2. The van der Waals surface area contributed by atoms with Crippen LogP contribution in [0.15, 0.2) is 36.5 Å². The van der Waals surface area contributed by atoms with Crippen LogP contribution in [0.2, 0.25) is 0 Å². The molecule has 0 saturated carbocycles. The molecule has 1 aliphatic rings. The Hall–Kier alpha value is -4.79. The van der Waals surface area contributed by atoms with E-state index in [-0.39, 0.29) is 35.3 Å². The Morgan fingerprint density at radius 1 is 1.05 bits per heavy atom. The second-order valence-electron chi connectivity index (χ2n) is 12.2. The van der Waals surface area contributed by atoms with Gasteiger partial charge in [-0.3, -0.25) is 4.79 Å². The quantitative estimate of drug-likeness (QED) is 0.315. The number of carbonyl (C=O) groups excluding carboxylic acids is 2. The second kappa shape index (κ2) is 12.2. The van der Waals surface area contributed by atoms with E-state index in [1.807, 2.05) is 52.8 Å². The minimum atomic E-state index is -0.966. The van der Waals surface area contributed by atoms with Crippen molar-refractivity contribution < 1.29 is 18.7 Å². The molecule has 0 aliphatic carbocycles. The zero-order chi connectivity index (χ0) is 31.5. The Kier molecular flexibility index (Phi) is 8.85. The number of hydrogen-bond acceptors (Lipinski definition) is 9. The summed E-state index contributed by atoms with van der Waals surface area (Å²) in [6, 6.07) is 10.4. The standard InChI is InChI=1S/C31H37FN8O3/c1-18(2)35-27(41)22-15-34-28(39-25(22)38-26-23(32)10-11-24(37-26)31(6,7)17-33)36-21-9-8-19-12-13-40(16-20(19)14-21)29(42)43-30(3,4)5/h8-11,14-15,18H,12-13,16H2,1-7H3,(H,35,41)(H2,34,36,37,38,39). The molecule has 3 heterocycles. The molecule has 4 rings (SSSR count). The topological polar surface area (TPSA) is 145 Å². The molecule has 0 bridgehead atoms. The van der Waals surface area contributed by atoms with Crippen molar-refractivity contribution >= 4 is 35.3 Å². The first kappa shape index (κ1) is 31.2. The minimum Gasteiger partial charge on any atom is -0.444 e. The van der Waals surface area contributed by atoms with Crippen LogP contribution in [0.25, 0.3) is 0 Å². The number of nitriles is 1. The number of anilines is 4. The maximum absolute atomic E-state index is 14.9. The van der Waals surface area contributed by atoms with Crippen molar-refractivity contribution in [1.29, 1.82) is 5.26 Å². The van der Waals surface area contributed by atoms with Gasteiger partial charge in [0.15, 0.2) is 11.6 Å². The molecular weight excluding hydrogens is 551 g/mol. The molecule has 1 aliphatic heterocycles. The van der Waals surface area contributed by atoms with Gasteiger partial charge in [0, 0.05) is 31.0 Å². The lowest BCUT2D eigenvalue weighted by atomic mass is 9.91. The lowest BCUT2D eigenvalue weighted by Crippen LogP contribution is -2.39. The first-order valence-corrected chi connectivity index (χ1v) is 14.0. The number of hydrogen-bond donors (Lipinski definition) is 3. The van der Waals surface area contributed by atoms with Crippen molar-refractivity contribution in [2.45, 2.75) is 78.5 Å². The number of amides is 2. The van der Waals surface area contributed by atoms with Crippen LogP contribution in [0.4, 0.5) is 32.5 Å². The van der Waals surface area contributed by atoms with Crippen LogP contribution in [0, 0.1) is 17.1 Å².